The molecule has 0 spiro atoms. The highest BCUT2D eigenvalue weighted by Gasteiger charge is 2.41. The first-order valence-electron chi connectivity index (χ1n) is 19.0. The van der Waals surface area contributed by atoms with Crippen LogP contribution in [0.4, 0.5) is 24.5 Å². The lowest BCUT2D eigenvalue weighted by Crippen LogP contribution is -2.46. The second kappa shape index (κ2) is 19.5. The predicted octanol–water partition coefficient (Wildman–Crippen LogP) is 8.72. The number of piperazine rings is 1. The lowest BCUT2D eigenvalue weighted by molar-refractivity contribution is -0.0884. The monoisotopic (exact) mass is 863 g/mol. The number of carbonyl (C=O) groups is 2. The number of hydrogen-bond donors (Lipinski definition) is 2. The molecule has 15 heteroatoms. The summed E-state index contributed by atoms with van der Waals surface area (Å²) < 4.78 is 70.4. The van der Waals surface area contributed by atoms with Crippen LogP contribution in [0, 0.1) is 0 Å². The molecular weight excluding hydrogens is 819 g/mol. The first-order chi connectivity index (χ1) is 28.2. The molecule has 5 aromatic carbocycles. The van der Waals surface area contributed by atoms with Crippen molar-refractivity contribution in [3.8, 4) is 11.1 Å². The van der Waals surface area contributed by atoms with Gasteiger partial charge in [0, 0.05) is 71.4 Å². The highest BCUT2D eigenvalue weighted by molar-refractivity contribution is 7.99. The predicted molar refractivity (Wildman–Crippen MR) is 230 cm³/mol. The van der Waals surface area contributed by atoms with Gasteiger partial charge >= 0.3 is 6.18 Å². The quantitative estimate of drug-likeness (QED) is 0.0746. The minimum atomic E-state index is -5.28. The highest BCUT2D eigenvalue weighted by atomic mass is 35.5. The fourth-order valence-corrected chi connectivity index (χ4v) is 8.86. The average Bonchev–Trinajstić information content (AvgIpc) is 3.22. The number of anilines is 2. The van der Waals surface area contributed by atoms with Crippen LogP contribution in [0.5, 0.6) is 0 Å². The Morgan fingerprint density at radius 2 is 1.51 bits per heavy atom. The number of nitrogens with zero attached hydrogens (tertiary/aromatic N) is 3. The molecule has 0 bridgehead atoms. The number of alkyl halides is 3. The van der Waals surface area contributed by atoms with Gasteiger partial charge < -0.3 is 15.1 Å². The Morgan fingerprint density at radius 3 is 2.17 bits per heavy atom. The van der Waals surface area contributed by atoms with Gasteiger partial charge in [0.25, 0.3) is 21.7 Å². The van der Waals surface area contributed by atoms with Crippen molar-refractivity contribution in [2.75, 3.05) is 62.8 Å². The van der Waals surface area contributed by atoms with Gasteiger partial charge in [0.1, 0.15) is 0 Å². The number of benzene rings is 5. The zero-order chi connectivity index (χ0) is 42.2. The van der Waals surface area contributed by atoms with E-state index in [9.17, 15) is 31.2 Å². The Labute approximate surface area is 352 Å². The molecule has 5 aromatic rings. The van der Waals surface area contributed by atoms with E-state index < -0.39 is 38.3 Å². The summed E-state index contributed by atoms with van der Waals surface area (Å²) >= 11 is 7.61. The van der Waals surface area contributed by atoms with E-state index in [1.54, 1.807) is 12.1 Å². The highest BCUT2D eigenvalue weighted by Crippen LogP contribution is 2.31. The van der Waals surface area contributed by atoms with Gasteiger partial charge in [-0.25, -0.2) is 13.1 Å². The van der Waals surface area contributed by atoms with Crippen LogP contribution in [0.25, 0.3) is 11.1 Å². The molecule has 310 valence electrons. The van der Waals surface area contributed by atoms with Crippen molar-refractivity contribution in [2.24, 2.45) is 0 Å². The molecule has 1 heterocycles. The standard InChI is InChI=1S/C44H45ClF3N5O4S2/c1-51(2)23-22-35(30-58-37-9-4-3-5-10-37)49-41-21-20-38(28-40(41)42(54)44(46,47)48)59(56,57)50-43(55)32-14-18-36(19-15-32)53-26-24-52(25-27-53)29-33-8-6-7-11-39(33)31-12-16-34(45)17-13-31/h3-21,28,35,49H,22-27,29-30H2,1-2H3,(H,50,55)/t35-/m1/s1. The Kier molecular flexibility index (Phi) is 14.4. The summed E-state index contributed by atoms with van der Waals surface area (Å²) in [5.41, 5.74) is 3.34. The lowest BCUT2D eigenvalue weighted by atomic mass is 9.99. The summed E-state index contributed by atoms with van der Waals surface area (Å²) in [6, 6.07) is 34.5. The molecule has 1 saturated heterocycles. The zero-order valence-corrected chi connectivity index (χ0v) is 35.0. The molecule has 1 fully saturated rings. The largest absolute Gasteiger partial charge is 0.454 e. The van der Waals surface area contributed by atoms with E-state index in [1.807, 2.05) is 90.4 Å². The van der Waals surface area contributed by atoms with Gasteiger partial charge in [0.2, 0.25) is 0 Å². The smallest absolute Gasteiger partial charge is 0.381 e. The van der Waals surface area contributed by atoms with Gasteiger partial charge in [-0.2, -0.15) is 13.2 Å². The third kappa shape index (κ3) is 11.9. The second-order valence-electron chi connectivity index (χ2n) is 14.5. The molecule has 0 aliphatic carbocycles. The number of rotatable bonds is 16. The van der Waals surface area contributed by atoms with Gasteiger partial charge in [0.15, 0.2) is 0 Å². The number of Topliss-reactive ketones (excluding diaryl/α,β-unsaturated/α-hetero) is 1. The summed E-state index contributed by atoms with van der Waals surface area (Å²) in [5, 5.41) is 3.75. The van der Waals surface area contributed by atoms with E-state index in [1.165, 1.54) is 29.5 Å². The molecule has 0 saturated carbocycles. The molecule has 59 heavy (non-hydrogen) atoms. The summed E-state index contributed by atoms with van der Waals surface area (Å²) in [6.07, 6.45) is -4.75. The first-order valence-corrected chi connectivity index (χ1v) is 21.8. The van der Waals surface area contributed by atoms with E-state index in [-0.39, 0.29) is 17.3 Å². The summed E-state index contributed by atoms with van der Waals surface area (Å²) in [4.78, 5) is 32.7. The summed E-state index contributed by atoms with van der Waals surface area (Å²) in [6.45, 7) is 4.44. The van der Waals surface area contributed by atoms with Crippen LogP contribution in [0.2, 0.25) is 5.02 Å². The number of nitrogens with one attached hydrogen (secondary N) is 2. The molecule has 2 N–H and O–H groups in total. The number of ketones is 1. The molecule has 0 unspecified atom stereocenters. The Bertz CT molecular complexity index is 2320. The second-order valence-corrected chi connectivity index (χ2v) is 17.7. The number of sulfonamides is 1. The van der Waals surface area contributed by atoms with E-state index in [0.29, 0.717) is 29.8 Å². The average molecular weight is 864 g/mol. The molecule has 6 rings (SSSR count). The zero-order valence-electron chi connectivity index (χ0n) is 32.6. The maximum atomic E-state index is 13.9. The summed E-state index contributed by atoms with van der Waals surface area (Å²) in [5.74, 6) is -2.71. The summed E-state index contributed by atoms with van der Waals surface area (Å²) in [7, 11) is -0.944. The maximum absolute atomic E-state index is 13.9. The van der Waals surface area contributed by atoms with E-state index in [4.69, 9.17) is 11.6 Å². The van der Waals surface area contributed by atoms with Crippen molar-refractivity contribution in [3.63, 3.8) is 0 Å². The van der Waals surface area contributed by atoms with Crippen molar-refractivity contribution in [2.45, 2.75) is 35.0 Å². The SMILES string of the molecule is CN(C)CC[C@H](CSc1ccccc1)Nc1ccc(S(=O)(=O)NC(=O)c2ccc(N3CCN(Cc4ccccc4-c4ccc(Cl)cc4)CC3)cc2)cc1C(=O)C(F)(F)F. The normalized spacial score (nSPS) is 14.3. The van der Waals surface area contributed by atoms with E-state index in [2.05, 4.69) is 27.2 Å². The van der Waals surface area contributed by atoms with Crippen LogP contribution < -0.4 is 14.9 Å². The van der Waals surface area contributed by atoms with Gasteiger partial charge in [-0.3, -0.25) is 14.5 Å². The molecule has 9 nitrogen and oxygen atoms in total. The fourth-order valence-electron chi connectivity index (χ4n) is 6.74. The Balaban J connectivity index is 1.10. The van der Waals surface area contributed by atoms with Crippen LogP contribution in [0.1, 0.15) is 32.7 Å². The van der Waals surface area contributed by atoms with Crippen LogP contribution in [-0.2, 0) is 16.6 Å². The van der Waals surface area contributed by atoms with Crippen LogP contribution in [0.3, 0.4) is 0 Å². The Morgan fingerprint density at radius 1 is 0.847 bits per heavy atom. The van der Waals surface area contributed by atoms with Crippen molar-refractivity contribution in [1.29, 1.82) is 0 Å². The third-order valence-electron chi connectivity index (χ3n) is 9.94. The lowest BCUT2D eigenvalue weighted by Gasteiger charge is -2.36. The minimum Gasteiger partial charge on any atom is -0.381 e. The van der Waals surface area contributed by atoms with Gasteiger partial charge in [-0.05, 0) is 110 Å². The fraction of sp³-hybridized carbons (Fsp3) is 0.273. The maximum Gasteiger partial charge on any atom is 0.454 e. The van der Waals surface area contributed by atoms with Crippen molar-refractivity contribution in [1.82, 2.24) is 14.5 Å². The van der Waals surface area contributed by atoms with Crippen LogP contribution >= 0.6 is 23.4 Å². The molecular formula is C44H45ClF3N5O4S2. The topological polar surface area (TPSA) is 102 Å². The molecule has 1 aliphatic heterocycles. The van der Waals surface area contributed by atoms with Crippen molar-refractivity contribution in [3.05, 3.63) is 143 Å². The van der Waals surface area contributed by atoms with Crippen LogP contribution in [0.15, 0.2) is 131 Å². The minimum absolute atomic E-state index is 0.0410. The van der Waals surface area contributed by atoms with E-state index >= 15 is 0 Å². The Hall–Kier alpha value is -4.86. The number of amides is 1. The van der Waals surface area contributed by atoms with Gasteiger partial charge in [0.05, 0.1) is 10.5 Å². The van der Waals surface area contributed by atoms with Gasteiger partial charge in [-0.1, -0.05) is 66.2 Å². The molecule has 1 atom stereocenters. The number of carbonyl (C=O) groups excluding carboxylic acids is 2. The van der Waals surface area contributed by atoms with Gasteiger partial charge in [-0.15, -0.1) is 11.8 Å². The molecule has 1 aliphatic rings. The first kappa shape index (κ1) is 43.7. The number of halogens is 4. The number of hydrogen-bond acceptors (Lipinski definition) is 9. The van der Waals surface area contributed by atoms with Crippen molar-refractivity contribution >= 4 is 56.5 Å². The number of thioether (sulfide) groups is 1. The molecule has 0 aromatic heterocycles. The van der Waals surface area contributed by atoms with Crippen LogP contribution in [-0.4, -0.2) is 94.7 Å². The molecule has 0 radical (unpaired) electrons. The van der Waals surface area contributed by atoms with Crippen molar-refractivity contribution < 1.29 is 31.2 Å². The third-order valence-corrected chi connectivity index (χ3v) is 12.7. The van der Waals surface area contributed by atoms with E-state index in [0.717, 1.165) is 66.6 Å². The molecule has 1 amide bonds.